The van der Waals surface area contributed by atoms with Crippen molar-refractivity contribution in [2.24, 2.45) is 5.92 Å². The van der Waals surface area contributed by atoms with Crippen LogP contribution in [0.5, 0.6) is 0 Å². The molecule has 2 aromatic rings. The molecule has 2 fully saturated rings. The molecule has 2 heterocycles. The normalized spacial score (nSPS) is 26.3. The Kier molecular flexibility index (Phi) is 3.59. The molecule has 1 aromatic carbocycles. The summed E-state index contributed by atoms with van der Waals surface area (Å²) in [5, 5.41) is 14.5. The summed E-state index contributed by atoms with van der Waals surface area (Å²) in [6, 6.07) is 8.15. The maximum absolute atomic E-state index is 12.3. The minimum absolute atomic E-state index is 0.00584. The van der Waals surface area contributed by atoms with Crippen molar-refractivity contribution in [2.45, 2.75) is 35.0 Å². The molecular weight excluding hydrogens is 300 g/mol. The van der Waals surface area contributed by atoms with Crippen molar-refractivity contribution < 1.29 is 9.21 Å². The van der Waals surface area contributed by atoms with E-state index in [4.69, 9.17) is 4.42 Å². The number of piperidine rings is 1. The van der Waals surface area contributed by atoms with Crippen LogP contribution in [-0.2, 0) is 0 Å². The number of carbonyl (C=O) groups is 1. The number of aromatic nitrogens is 2. The van der Waals surface area contributed by atoms with Crippen molar-refractivity contribution in [3.63, 3.8) is 0 Å². The molecule has 22 heavy (non-hydrogen) atoms. The molecular formula is C15H16N4O2S. The van der Waals surface area contributed by atoms with Crippen LogP contribution < -0.4 is 10.6 Å². The smallest absolute Gasteiger partial charge is 0.281 e. The second-order valence-electron chi connectivity index (χ2n) is 5.76. The Labute approximate surface area is 132 Å². The molecule has 3 atom stereocenters. The first-order valence-electron chi connectivity index (χ1n) is 7.36. The van der Waals surface area contributed by atoms with Crippen LogP contribution in [0.15, 0.2) is 45.2 Å². The Morgan fingerprint density at radius 2 is 2.18 bits per heavy atom. The van der Waals surface area contributed by atoms with E-state index in [2.05, 4.69) is 20.8 Å². The highest BCUT2D eigenvalue weighted by Gasteiger charge is 2.39. The van der Waals surface area contributed by atoms with Gasteiger partial charge in [-0.15, -0.1) is 10.2 Å². The molecule has 114 valence electrons. The molecule has 4 rings (SSSR count). The highest BCUT2D eigenvalue weighted by atomic mass is 32.2. The fraction of sp³-hybridized carbons (Fsp3) is 0.400. The van der Waals surface area contributed by atoms with Crippen molar-refractivity contribution in [1.82, 2.24) is 20.8 Å². The van der Waals surface area contributed by atoms with Crippen LogP contribution >= 0.6 is 11.8 Å². The van der Waals surface area contributed by atoms with Crippen molar-refractivity contribution in [2.75, 3.05) is 6.54 Å². The zero-order valence-electron chi connectivity index (χ0n) is 11.9. The second kappa shape index (κ2) is 5.73. The lowest BCUT2D eigenvalue weighted by Gasteiger charge is -2.24. The van der Waals surface area contributed by atoms with Gasteiger partial charge in [-0.2, -0.15) is 0 Å². The molecule has 3 unspecified atom stereocenters. The lowest BCUT2D eigenvalue weighted by Crippen LogP contribution is -2.47. The van der Waals surface area contributed by atoms with Crippen LogP contribution in [0, 0.1) is 5.92 Å². The summed E-state index contributed by atoms with van der Waals surface area (Å²) in [6.45, 7) is 1.10. The minimum atomic E-state index is -0.00584. The maximum atomic E-state index is 12.3. The molecule has 2 N–H and O–H groups in total. The molecule has 0 radical (unpaired) electrons. The van der Waals surface area contributed by atoms with Gasteiger partial charge < -0.3 is 15.1 Å². The Morgan fingerprint density at radius 3 is 2.82 bits per heavy atom. The first-order chi connectivity index (χ1) is 10.8. The Balaban J connectivity index is 1.38. The van der Waals surface area contributed by atoms with Gasteiger partial charge in [0.25, 0.3) is 11.1 Å². The van der Waals surface area contributed by atoms with Gasteiger partial charge in [-0.1, -0.05) is 0 Å². The lowest BCUT2D eigenvalue weighted by molar-refractivity contribution is 0.0928. The van der Waals surface area contributed by atoms with E-state index in [1.807, 2.05) is 24.3 Å². The Hall–Kier alpha value is -1.86. The zero-order chi connectivity index (χ0) is 14.9. The fourth-order valence-corrected chi connectivity index (χ4v) is 3.90. The zero-order valence-corrected chi connectivity index (χ0v) is 12.7. The first kappa shape index (κ1) is 13.8. The molecule has 2 aliphatic rings. The summed E-state index contributed by atoms with van der Waals surface area (Å²) in [5.41, 5.74) is 0.678. The third-order valence-electron chi connectivity index (χ3n) is 4.31. The summed E-state index contributed by atoms with van der Waals surface area (Å²) >= 11 is 1.38. The predicted molar refractivity (Wildman–Crippen MR) is 80.6 cm³/mol. The van der Waals surface area contributed by atoms with Gasteiger partial charge in [0.05, 0.1) is 0 Å². The van der Waals surface area contributed by atoms with E-state index < -0.39 is 0 Å². The molecule has 0 spiro atoms. The van der Waals surface area contributed by atoms with E-state index in [9.17, 15) is 4.79 Å². The van der Waals surface area contributed by atoms with Crippen LogP contribution in [0.2, 0.25) is 0 Å². The number of nitrogens with zero attached hydrogens (tertiary/aromatic N) is 2. The van der Waals surface area contributed by atoms with Crippen LogP contribution in [0.3, 0.4) is 0 Å². The van der Waals surface area contributed by atoms with E-state index in [-0.39, 0.29) is 11.9 Å². The number of hydrogen-bond donors (Lipinski definition) is 2. The van der Waals surface area contributed by atoms with E-state index in [1.54, 1.807) is 0 Å². The van der Waals surface area contributed by atoms with Gasteiger partial charge in [0, 0.05) is 22.5 Å². The van der Waals surface area contributed by atoms with E-state index in [0.29, 0.717) is 16.8 Å². The minimum Gasteiger partial charge on any atom is -0.419 e. The van der Waals surface area contributed by atoms with Gasteiger partial charge in [0.1, 0.15) is 0 Å². The summed E-state index contributed by atoms with van der Waals surface area (Å²) < 4.78 is 5.09. The molecule has 1 aromatic heterocycles. The third kappa shape index (κ3) is 2.74. The van der Waals surface area contributed by atoms with Crippen molar-refractivity contribution in [1.29, 1.82) is 0 Å². The van der Waals surface area contributed by atoms with Gasteiger partial charge >= 0.3 is 0 Å². The van der Waals surface area contributed by atoms with Crippen LogP contribution in [0.1, 0.15) is 23.2 Å². The lowest BCUT2D eigenvalue weighted by atomic mass is 10.1. The number of fused-ring (bicyclic) bond motifs is 2. The summed E-state index contributed by atoms with van der Waals surface area (Å²) in [5.74, 6) is 0.720. The van der Waals surface area contributed by atoms with Gasteiger partial charge in [-0.25, -0.2) is 0 Å². The molecule has 1 aliphatic carbocycles. The average molecular weight is 316 g/mol. The topological polar surface area (TPSA) is 80.0 Å². The van der Waals surface area contributed by atoms with Crippen molar-refractivity contribution >= 4 is 17.7 Å². The van der Waals surface area contributed by atoms with E-state index >= 15 is 0 Å². The molecule has 6 nitrogen and oxygen atoms in total. The highest BCUT2D eigenvalue weighted by molar-refractivity contribution is 7.99. The van der Waals surface area contributed by atoms with E-state index in [0.717, 1.165) is 23.8 Å². The number of amides is 1. The number of rotatable bonds is 4. The van der Waals surface area contributed by atoms with Crippen LogP contribution in [0.25, 0.3) is 0 Å². The number of nitrogens with one attached hydrogen (secondary N) is 2. The molecule has 1 saturated heterocycles. The van der Waals surface area contributed by atoms with Crippen molar-refractivity contribution in [3.05, 3.63) is 36.2 Å². The largest absolute Gasteiger partial charge is 0.419 e. The standard InChI is InChI=1S/C15H16N4O2S/c20-14(18-13-6-9-5-12(13)16-7-9)10-1-3-11(4-2-10)22-15-19-17-8-21-15/h1-4,8-9,12-13,16H,5-7H2,(H,18,20). The molecule has 7 heteroatoms. The average Bonchev–Trinajstić information content (AvgIpc) is 3.25. The number of carbonyl (C=O) groups excluding carboxylic acids is 1. The molecule has 1 saturated carbocycles. The summed E-state index contributed by atoms with van der Waals surface area (Å²) in [6.07, 6.45) is 3.58. The van der Waals surface area contributed by atoms with Gasteiger partial charge in [-0.05, 0) is 61.3 Å². The number of benzene rings is 1. The summed E-state index contributed by atoms with van der Waals surface area (Å²) in [7, 11) is 0. The van der Waals surface area contributed by atoms with Crippen LogP contribution in [0.4, 0.5) is 0 Å². The van der Waals surface area contributed by atoms with Gasteiger partial charge in [0.2, 0.25) is 6.39 Å². The molecule has 1 aliphatic heterocycles. The monoisotopic (exact) mass is 316 g/mol. The second-order valence-corrected chi connectivity index (χ2v) is 6.79. The molecule has 2 bridgehead atoms. The SMILES string of the molecule is O=C(NC1CC2CNC1C2)c1ccc(Sc2nnco2)cc1. The Bertz CT molecular complexity index is 659. The van der Waals surface area contributed by atoms with Crippen molar-refractivity contribution in [3.8, 4) is 0 Å². The molecule has 1 amide bonds. The van der Waals surface area contributed by atoms with Gasteiger partial charge in [0.15, 0.2) is 0 Å². The highest BCUT2D eigenvalue weighted by Crippen LogP contribution is 2.31. The quantitative estimate of drug-likeness (QED) is 0.894. The summed E-state index contributed by atoms with van der Waals surface area (Å²) in [4.78, 5) is 13.3. The van der Waals surface area contributed by atoms with Crippen LogP contribution in [-0.4, -0.2) is 34.7 Å². The third-order valence-corrected chi connectivity index (χ3v) is 5.17. The van der Waals surface area contributed by atoms with Gasteiger partial charge in [-0.3, -0.25) is 4.79 Å². The Morgan fingerprint density at radius 1 is 1.32 bits per heavy atom. The maximum Gasteiger partial charge on any atom is 0.281 e. The number of hydrogen-bond acceptors (Lipinski definition) is 6. The first-order valence-corrected chi connectivity index (χ1v) is 8.18. The van der Waals surface area contributed by atoms with E-state index in [1.165, 1.54) is 24.6 Å². The predicted octanol–water partition coefficient (Wildman–Crippen LogP) is 1.70. The fourth-order valence-electron chi connectivity index (χ4n) is 3.25.